The maximum absolute atomic E-state index is 8.49. The zero-order valence-electron chi connectivity index (χ0n) is 24.7. The summed E-state index contributed by atoms with van der Waals surface area (Å²) in [6.45, 7) is 2.02. The van der Waals surface area contributed by atoms with Crippen LogP contribution in [0.5, 0.6) is 5.75 Å². The number of anilines is 3. The Morgan fingerprint density at radius 2 is 1.22 bits per heavy atom. The topological polar surface area (TPSA) is 109 Å². The summed E-state index contributed by atoms with van der Waals surface area (Å²) in [6.07, 6.45) is 6.91. The van der Waals surface area contributed by atoms with Gasteiger partial charge in [-0.1, -0.05) is 83.5 Å². The van der Waals surface area contributed by atoms with Crippen LogP contribution in [0.1, 0.15) is 27.8 Å². The Kier molecular flexibility index (Phi) is 8.36. The highest BCUT2D eigenvalue weighted by atomic mass is 16.5. The number of para-hydroxylation sites is 1. The molecule has 0 amide bonds. The van der Waals surface area contributed by atoms with Crippen LogP contribution < -0.4 is 9.64 Å². The number of ether oxygens (including phenoxy) is 1. The van der Waals surface area contributed by atoms with Crippen LogP contribution in [0.2, 0.25) is 0 Å². The minimum atomic E-state index is -0.0564. The predicted octanol–water partition coefficient (Wildman–Crippen LogP) is 10.6. The van der Waals surface area contributed by atoms with Gasteiger partial charge in [0.15, 0.2) is 6.73 Å². The van der Waals surface area contributed by atoms with Gasteiger partial charge < -0.3 is 20.5 Å². The highest BCUT2D eigenvalue weighted by molar-refractivity contribution is 6.21. The van der Waals surface area contributed by atoms with Gasteiger partial charge in [0.1, 0.15) is 5.75 Å². The van der Waals surface area contributed by atoms with Crippen LogP contribution in [0.3, 0.4) is 0 Å². The normalized spacial score (nSPS) is 11.0. The van der Waals surface area contributed by atoms with E-state index in [1.54, 1.807) is 0 Å². The molecule has 0 aliphatic rings. The van der Waals surface area contributed by atoms with E-state index in [9.17, 15) is 0 Å². The van der Waals surface area contributed by atoms with E-state index in [2.05, 4.69) is 107 Å². The van der Waals surface area contributed by atoms with Gasteiger partial charge in [-0.05, 0) is 99.7 Å². The fourth-order valence-corrected chi connectivity index (χ4v) is 5.61. The number of fused-ring (bicyclic) bond motifs is 3. The fourth-order valence-electron chi connectivity index (χ4n) is 5.61. The van der Waals surface area contributed by atoms with Crippen LogP contribution in [0.4, 0.5) is 17.1 Å². The second-order valence-electron chi connectivity index (χ2n) is 10.6. The third kappa shape index (κ3) is 6.02. The van der Waals surface area contributed by atoms with E-state index in [1.165, 1.54) is 12.4 Å². The van der Waals surface area contributed by atoms with Gasteiger partial charge in [0.2, 0.25) is 0 Å². The van der Waals surface area contributed by atoms with E-state index < -0.39 is 0 Å². The van der Waals surface area contributed by atoms with Crippen LogP contribution in [-0.2, 0) is 0 Å². The van der Waals surface area contributed by atoms with Gasteiger partial charge in [0.05, 0.1) is 0 Å². The molecule has 45 heavy (non-hydrogen) atoms. The first-order valence-corrected chi connectivity index (χ1v) is 14.5. The van der Waals surface area contributed by atoms with E-state index in [-0.39, 0.29) is 6.73 Å². The molecule has 0 saturated carbocycles. The molecule has 0 fully saturated rings. The van der Waals surface area contributed by atoms with Crippen molar-refractivity contribution in [3.05, 3.63) is 154 Å². The second kappa shape index (κ2) is 13.0. The molecule has 6 aromatic rings. The lowest BCUT2D eigenvalue weighted by Gasteiger charge is -2.25. The predicted molar refractivity (Wildman–Crippen MR) is 187 cm³/mol. The molecule has 7 heteroatoms. The SMILES string of the molecule is Cc1ccc2c(C=N)c(C=N)c3ccc(/C=C/c4ccc(N(c5ccccc5)c5ccc(OCN=[N+]=[N-])cc5)cc4)cc3c2c1. The average molecular weight is 587 g/mol. The van der Waals surface area contributed by atoms with E-state index in [0.29, 0.717) is 5.75 Å². The number of hydrogen-bond donors (Lipinski definition) is 2. The maximum atomic E-state index is 8.49. The summed E-state index contributed by atoms with van der Waals surface area (Å²) in [7, 11) is 0. The maximum Gasteiger partial charge on any atom is 0.167 e. The number of azide groups is 1. The van der Waals surface area contributed by atoms with Gasteiger partial charge in [-0.2, -0.15) is 0 Å². The average Bonchev–Trinajstić information content (AvgIpc) is 3.08. The molecule has 6 rings (SSSR count). The smallest absolute Gasteiger partial charge is 0.167 e. The molecule has 0 aromatic heterocycles. The first kappa shape index (κ1) is 28.9. The molecule has 0 aliphatic carbocycles. The number of nitrogens with one attached hydrogen (secondary N) is 2. The third-order valence-electron chi connectivity index (χ3n) is 7.75. The van der Waals surface area contributed by atoms with Crippen LogP contribution in [0.25, 0.3) is 44.1 Å². The number of nitrogens with zero attached hydrogens (tertiary/aromatic N) is 4. The quantitative estimate of drug-likeness (QED) is 0.0416. The highest BCUT2D eigenvalue weighted by Gasteiger charge is 2.14. The van der Waals surface area contributed by atoms with Crippen molar-refractivity contribution in [2.24, 2.45) is 5.11 Å². The largest absolute Gasteiger partial charge is 0.488 e. The first-order valence-electron chi connectivity index (χ1n) is 14.5. The molecule has 2 N–H and O–H groups in total. The molecule has 0 spiro atoms. The van der Waals surface area contributed by atoms with Crippen LogP contribution in [0, 0.1) is 17.7 Å². The fraction of sp³-hybridized carbons (Fsp3) is 0.0526. The van der Waals surface area contributed by atoms with Crippen LogP contribution in [0.15, 0.2) is 120 Å². The van der Waals surface area contributed by atoms with E-state index in [1.807, 2.05) is 42.5 Å². The Bertz CT molecular complexity index is 2100. The molecule has 6 aromatic carbocycles. The highest BCUT2D eigenvalue weighted by Crippen LogP contribution is 2.36. The number of aryl methyl sites for hydroxylation is 1. The van der Waals surface area contributed by atoms with Gasteiger partial charge in [-0.15, -0.1) is 0 Å². The van der Waals surface area contributed by atoms with Crippen molar-refractivity contribution >= 4 is 63.2 Å². The van der Waals surface area contributed by atoms with Gasteiger partial charge in [-0.25, -0.2) is 0 Å². The van der Waals surface area contributed by atoms with E-state index in [0.717, 1.165) is 66.4 Å². The molecule has 0 aliphatic heterocycles. The van der Waals surface area contributed by atoms with Gasteiger partial charge >= 0.3 is 0 Å². The lowest BCUT2D eigenvalue weighted by molar-refractivity contribution is 0.329. The van der Waals surface area contributed by atoms with Crippen molar-refractivity contribution in [2.75, 3.05) is 11.6 Å². The summed E-state index contributed by atoms with van der Waals surface area (Å²) in [5.41, 5.74) is 16.3. The Morgan fingerprint density at radius 3 is 1.87 bits per heavy atom. The van der Waals surface area contributed by atoms with Gasteiger partial charge in [-0.3, -0.25) is 0 Å². The molecule has 7 nitrogen and oxygen atoms in total. The summed E-state index contributed by atoms with van der Waals surface area (Å²) >= 11 is 0. The number of rotatable bonds is 10. The minimum absolute atomic E-state index is 0.0564. The molecule has 0 radical (unpaired) electrons. The van der Waals surface area contributed by atoms with Gasteiger partial charge in [0, 0.05) is 45.5 Å². The molecule has 0 heterocycles. The standard InChI is InChI=1S/C38H30N6O/c1-26-7-19-33-35(21-26)36-22-28(12-20-34(36)38(24-40)37(33)23-39)9-8-27-10-13-30(14-11-27)44(29-5-3-2-4-6-29)31-15-17-32(18-16-31)45-25-42-43-41/h2-24,39-40H,25H2,1H3/b9-8+,39-23?,40-24?. The zero-order chi connectivity index (χ0) is 31.2. The Hall–Kier alpha value is -6.17. The summed E-state index contributed by atoms with van der Waals surface area (Å²) in [4.78, 5) is 4.90. The third-order valence-corrected chi connectivity index (χ3v) is 7.75. The van der Waals surface area contributed by atoms with Crippen molar-refractivity contribution in [1.29, 1.82) is 10.8 Å². The Labute approximate surface area is 261 Å². The lowest BCUT2D eigenvalue weighted by Crippen LogP contribution is -2.09. The number of hydrogen-bond acceptors (Lipinski definition) is 5. The van der Waals surface area contributed by atoms with Gasteiger partial charge in [0.25, 0.3) is 0 Å². The van der Waals surface area contributed by atoms with E-state index in [4.69, 9.17) is 21.1 Å². The van der Waals surface area contributed by atoms with Crippen molar-refractivity contribution in [1.82, 2.24) is 0 Å². The van der Waals surface area contributed by atoms with Crippen molar-refractivity contribution in [3.8, 4) is 5.75 Å². The lowest BCUT2D eigenvalue weighted by atomic mass is 9.90. The Morgan fingerprint density at radius 1 is 0.667 bits per heavy atom. The summed E-state index contributed by atoms with van der Waals surface area (Å²) < 4.78 is 5.48. The number of benzene rings is 6. The van der Waals surface area contributed by atoms with Crippen molar-refractivity contribution in [2.45, 2.75) is 6.92 Å². The summed E-state index contributed by atoms with van der Waals surface area (Å²) in [5, 5.41) is 23.6. The van der Waals surface area contributed by atoms with Crippen LogP contribution in [-0.4, -0.2) is 19.2 Å². The molecular formula is C38H30N6O. The Balaban J connectivity index is 1.31. The second-order valence-corrected chi connectivity index (χ2v) is 10.6. The molecule has 0 atom stereocenters. The van der Waals surface area contributed by atoms with E-state index >= 15 is 0 Å². The first-order chi connectivity index (χ1) is 22.1. The molecule has 0 bridgehead atoms. The molecule has 0 unspecified atom stereocenters. The monoisotopic (exact) mass is 586 g/mol. The molecular weight excluding hydrogens is 556 g/mol. The zero-order valence-corrected chi connectivity index (χ0v) is 24.7. The molecule has 218 valence electrons. The van der Waals surface area contributed by atoms with Crippen molar-refractivity contribution in [3.63, 3.8) is 0 Å². The summed E-state index contributed by atoms with van der Waals surface area (Å²) in [5.74, 6) is 0.626. The minimum Gasteiger partial charge on any atom is -0.488 e. The van der Waals surface area contributed by atoms with Crippen molar-refractivity contribution < 1.29 is 4.74 Å². The van der Waals surface area contributed by atoms with Crippen LogP contribution >= 0.6 is 0 Å². The molecule has 0 saturated heterocycles. The summed E-state index contributed by atoms with van der Waals surface area (Å²) in [6, 6.07) is 38.8.